The molecule has 410 valence electrons. The van der Waals surface area contributed by atoms with Crippen LogP contribution in [0, 0.1) is 5.92 Å². The molecular formula is C63H122O6. The standard InChI is InChI=1S/C63H122O6/c1-5-7-9-11-13-15-17-19-21-23-25-27-29-31-35-40-44-48-52-56-63(66)69-60(58-68-62(65)55-51-47-43-39-36-32-33-37-41-45-49-53-59(3)4)57-67-61(64)54-50-46-42-38-34-30-28-26-24-22-20-18-16-14-12-10-8-6-2/h59-60H,5-58H2,1-4H3/t60-/m0/s1. The van der Waals surface area contributed by atoms with E-state index in [1.165, 1.54) is 257 Å². The highest BCUT2D eigenvalue weighted by Crippen LogP contribution is 2.19. The maximum Gasteiger partial charge on any atom is 0.306 e. The van der Waals surface area contributed by atoms with E-state index < -0.39 is 6.10 Å². The van der Waals surface area contributed by atoms with Crippen molar-refractivity contribution in [3.8, 4) is 0 Å². The summed E-state index contributed by atoms with van der Waals surface area (Å²) in [7, 11) is 0. The van der Waals surface area contributed by atoms with E-state index in [1.54, 1.807) is 0 Å². The van der Waals surface area contributed by atoms with Crippen LogP contribution >= 0.6 is 0 Å². The summed E-state index contributed by atoms with van der Waals surface area (Å²) in [6, 6.07) is 0. The first-order valence-corrected chi connectivity index (χ1v) is 31.4. The van der Waals surface area contributed by atoms with Gasteiger partial charge in [-0.25, -0.2) is 0 Å². The lowest BCUT2D eigenvalue weighted by atomic mass is 10.0. The molecule has 0 unspecified atom stereocenters. The molecular weight excluding hydrogens is 853 g/mol. The molecule has 0 aromatic carbocycles. The Morgan fingerprint density at radius 2 is 0.478 bits per heavy atom. The number of esters is 3. The van der Waals surface area contributed by atoms with Crippen molar-refractivity contribution in [3.63, 3.8) is 0 Å². The van der Waals surface area contributed by atoms with Crippen LogP contribution in [0.25, 0.3) is 0 Å². The monoisotopic (exact) mass is 975 g/mol. The van der Waals surface area contributed by atoms with Gasteiger partial charge < -0.3 is 14.2 Å². The molecule has 0 bridgehead atoms. The third-order valence-electron chi connectivity index (χ3n) is 14.5. The summed E-state index contributed by atoms with van der Waals surface area (Å²) in [4.78, 5) is 38.3. The Kier molecular flexibility index (Phi) is 56.0. The predicted molar refractivity (Wildman–Crippen MR) is 298 cm³/mol. The van der Waals surface area contributed by atoms with E-state index in [0.29, 0.717) is 19.3 Å². The highest BCUT2D eigenvalue weighted by molar-refractivity contribution is 5.71. The van der Waals surface area contributed by atoms with E-state index in [0.717, 1.165) is 63.7 Å². The van der Waals surface area contributed by atoms with Crippen LogP contribution in [-0.2, 0) is 28.6 Å². The minimum Gasteiger partial charge on any atom is -0.462 e. The summed E-state index contributed by atoms with van der Waals surface area (Å²) < 4.78 is 16.9. The molecule has 6 nitrogen and oxygen atoms in total. The van der Waals surface area contributed by atoms with Crippen LogP contribution in [0.2, 0.25) is 0 Å². The quantitative estimate of drug-likeness (QED) is 0.0343. The Balaban J connectivity index is 4.27. The zero-order chi connectivity index (χ0) is 50.2. The summed E-state index contributed by atoms with van der Waals surface area (Å²) in [5.41, 5.74) is 0. The minimum atomic E-state index is -0.763. The van der Waals surface area contributed by atoms with Gasteiger partial charge in [-0.05, 0) is 25.2 Å². The average Bonchev–Trinajstić information content (AvgIpc) is 3.34. The average molecular weight is 976 g/mol. The lowest BCUT2D eigenvalue weighted by molar-refractivity contribution is -0.167. The summed E-state index contributed by atoms with van der Waals surface area (Å²) in [5.74, 6) is -0.00341. The molecule has 0 N–H and O–H groups in total. The number of carbonyl (C=O) groups excluding carboxylic acids is 3. The van der Waals surface area contributed by atoms with Gasteiger partial charge in [0.25, 0.3) is 0 Å². The zero-order valence-electron chi connectivity index (χ0n) is 47.3. The number of ether oxygens (including phenoxy) is 3. The molecule has 0 saturated heterocycles. The van der Waals surface area contributed by atoms with Crippen molar-refractivity contribution in [1.82, 2.24) is 0 Å². The fraction of sp³-hybridized carbons (Fsp3) is 0.952. The smallest absolute Gasteiger partial charge is 0.306 e. The van der Waals surface area contributed by atoms with E-state index in [1.807, 2.05) is 0 Å². The van der Waals surface area contributed by atoms with Crippen molar-refractivity contribution in [1.29, 1.82) is 0 Å². The lowest BCUT2D eigenvalue weighted by Gasteiger charge is -2.18. The number of carbonyl (C=O) groups is 3. The molecule has 0 heterocycles. The Labute approximate surface area is 431 Å². The van der Waals surface area contributed by atoms with Crippen molar-refractivity contribution in [3.05, 3.63) is 0 Å². The fourth-order valence-corrected chi connectivity index (χ4v) is 9.81. The Hall–Kier alpha value is -1.59. The van der Waals surface area contributed by atoms with Gasteiger partial charge in [-0.15, -0.1) is 0 Å². The van der Waals surface area contributed by atoms with Crippen molar-refractivity contribution >= 4 is 17.9 Å². The molecule has 0 fully saturated rings. The third kappa shape index (κ3) is 57.2. The molecule has 1 atom stereocenters. The van der Waals surface area contributed by atoms with Gasteiger partial charge in [-0.3, -0.25) is 14.4 Å². The van der Waals surface area contributed by atoms with Gasteiger partial charge in [-0.2, -0.15) is 0 Å². The van der Waals surface area contributed by atoms with Crippen molar-refractivity contribution in [2.45, 2.75) is 368 Å². The van der Waals surface area contributed by atoms with Gasteiger partial charge in [0.1, 0.15) is 13.2 Å². The van der Waals surface area contributed by atoms with Gasteiger partial charge in [-0.1, -0.05) is 323 Å². The number of hydrogen-bond acceptors (Lipinski definition) is 6. The molecule has 0 radical (unpaired) electrons. The van der Waals surface area contributed by atoms with Crippen molar-refractivity contribution < 1.29 is 28.6 Å². The fourth-order valence-electron chi connectivity index (χ4n) is 9.81. The van der Waals surface area contributed by atoms with Gasteiger partial charge in [0, 0.05) is 19.3 Å². The van der Waals surface area contributed by atoms with Crippen LogP contribution in [-0.4, -0.2) is 37.2 Å². The van der Waals surface area contributed by atoms with Crippen molar-refractivity contribution in [2.24, 2.45) is 5.92 Å². The molecule has 0 aliphatic rings. The summed E-state index contributed by atoms with van der Waals surface area (Å²) in [6.07, 6.45) is 63.9. The maximum atomic E-state index is 12.9. The Morgan fingerprint density at radius 1 is 0.275 bits per heavy atom. The van der Waals surface area contributed by atoms with E-state index in [4.69, 9.17) is 14.2 Å². The SMILES string of the molecule is CCCCCCCCCCCCCCCCCCCCCC(=O)O[C@@H](COC(=O)CCCCCCCCCCCCCCCCCCCC)COC(=O)CCCCCCCCCCCCCC(C)C. The van der Waals surface area contributed by atoms with Crippen molar-refractivity contribution in [2.75, 3.05) is 13.2 Å². The van der Waals surface area contributed by atoms with Crippen LogP contribution in [0.3, 0.4) is 0 Å². The van der Waals surface area contributed by atoms with Crippen LogP contribution < -0.4 is 0 Å². The second-order valence-corrected chi connectivity index (χ2v) is 22.2. The third-order valence-corrected chi connectivity index (χ3v) is 14.5. The van der Waals surface area contributed by atoms with E-state index >= 15 is 0 Å². The van der Waals surface area contributed by atoms with Gasteiger partial charge in [0.05, 0.1) is 0 Å². The molecule has 0 spiro atoms. The van der Waals surface area contributed by atoms with Crippen LogP contribution in [0.5, 0.6) is 0 Å². The highest BCUT2D eigenvalue weighted by Gasteiger charge is 2.19. The lowest BCUT2D eigenvalue weighted by Crippen LogP contribution is -2.30. The first-order valence-electron chi connectivity index (χ1n) is 31.4. The predicted octanol–water partition coefficient (Wildman–Crippen LogP) is 21.0. The van der Waals surface area contributed by atoms with E-state index in [-0.39, 0.29) is 31.1 Å². The van der Waals surface area contributed by atoms with Crippen LogP contribution in [0.1, 0.15) is 362 Å². The highest BCUT2D eigenvalue weighted by atomic mass is 16.6. The van der Waals surface area contributed by atoms with E-state index in [9.17, 15) is 14.4 Å². The summed E-state index contributed by atoms with van der Waals surface area (Å²) in [5, 5.41) is 0. The van der Waals surface area contributed by atoms with Crippen LogP contribution in [0.4, 0.5) is 0 Å². The topological polar surface area (TPSA) is 78.9 Å². The first kappa shape index (κ1) is 67.4. The maximum absolute atomic E-state index is 12.9. The van der Waals surface area contributed by atoms with Gasteiger partial charge in [0.15, 0.2) is 6.10 Å². The molecule has 0 rings (SSSR count). The summed E-state index contributed by atoms with van der Waals surface area (Å²) >= 11 is 0. The number of hydrogen-bond donors (Lipinski definition) is 0. The Bertz CT molecular complexity index is 1040. The molecule has 0 aromatic rings. The van der Waals surface area contributed by atoms with Crippen LogP contribution in [0.15, 0.2) is 0 Å². The molecule has 0 saturated carbocycles. The molecule has 69 heavy (non-hydrogen) atoms. The first-order chi connectivity index (χ1) is 33.9. The molecule has 0 aliphatic carbocycles. The zero-order valence-corrected chi connectivity index (χ0v) is 47.3. The Morgan fingerprint density at radius 3 is 0.710 bits per heavy atom. The molecule has 6 heteroatoms. The molecule has 0 aliphatic heterocycles. The molecule has 0 aromatic heterocycles. The number of unbranched alkanes of at least 4 members (excludes halogenated alkanes) is 45. The largest absolute Gasteiger partial charge is 0.462 e. The second kappa shape index (κ2) is 57.3. The normalized spacial score (nSPS) is 12.0. The molecule has 0 amide bonds. The minimum absolute atomic E-state index is 0.0615. The number of rotatable bonds is 58. The van der Waals surface area contributed by atoms with E-state index in [2.05, 4.69) is 27.7 Å². The second-order valence-electron chi connectivity index (χ2n) is 22.2. The summed E-state index contributed by atoms with van der Waals surface area (Å²) in [6.45, 7) is 9.07. The van der Waals surface area contributed by atoms with Gasteiger partial charge in [0.2, 0.25) is 0 Å². The van der Waals surface area contributed by atoms with Gasteiger partial charge >= 0.3 is 17.9 Å².